The highest BCUT2D eigenvalue weighted by molar-refractivity contribution is 5.89. The zero-order chi connectivity index (χ0) is 21.4. The first kappa shape index (κ1) is 20.8. The lowest BCUT2D eigenvalue weighted by Gasteiger charge is -2.56. The number of rotatable bonds is 5. The minimum absolute atomic E-state index is 0.0535. The molecule has 1 aromatic heterocycles. The summed E-state index contributed by atoms with van der Waals surface area (Å²) in [5, 5.41) is 3.08. The second kappa shape index (κ2) is 8.84. The maximum atomic E-state index is 13.4. The third-order valence-corrected chi connectivity index (χ3v) is 7.20. The van der Waals surface area contributed by atoms with Crippen molar-refractivity contribution in [2.24, 2.45) is 11.8 Å². The van der Waals surface area contributed by atoms with Crippen LogP contribution in [0.5, 0.6) is 0 Å². The topological polar surface area (TPSA) is 84.0 Å². The minimum Gasteiger partial charge on any atom is -0.349 e. The van der Waals surface area contributed by atoms with Crippen molar-refractivity contribution in [3.05, 3.63) is 29.6 Å². The normalized spacial score (nSPS) is 31.5. The summed E-state index contributed by atoms with van der Waals surface area (Å²) in [6.45, 7) is 6.15. The lowest BCUT2D eigenvalue weighted by molar-refractivity contribution is -0.162. The first-order valence-electron chi connectivity index (χ1n) is 11.5. The van der Waals surface area contributed by atoms with E-state index in [4.69, 9.17) is 9.47 Å². The predicted molar refractivity (Wildman–Crippen MR) is 113 cm³/mol. The molecule has 4 atom stereocenters. The highest BCUT2D eigenvalue weighted by atomic mass is 16.7. The van der Waals surface area contributed by atoms with Crippen molar-refractivity contribution < 1.29 is 19.1 Å². The number of nitrogens with one attached hydrogen (secondary N) is 1. The smallest absolute Gasteiger partial charge is 0.243 e. The third-order valence-electron chi connectivity index (χ3n) is 7.20. The number of aromatic nitrogens is 1. The van der Waals surface area contributed by atoms with Gasteiger partial charge in [-0.1, -0.05) is 0 Å². The Morgan fingerprint density at radius 3 is 2.87 bits per heavy atom. The molecule has 0 spiro atoms. The number of ether oxygens (including phenoxy) is 2. The molecule has 1 N–H and O–H groups in total. The number of hydrogen-bond donors (Lipinski definition) is 1. The number of pyridine rings is 1. The molecule has 4 saturated heterocycles. The van der Waals surface area contributed by atoms with Crippen molar-refractivity contribution in [2.75, 3.05) is 32.8 Å². The van der Waals surface area contributed by atoms with Gasteiger partial charge in [-0.15, -0.1) is 0 Å². The first-order chi connectivity index (χ1) is 15.1. The average molecular weight is 429 g/mol. The van der Waals surface area contributed by atoms with Gasteiger partial charge in [0.05, 0.1) is 25.5 Å². The minimum atomic E-state index is -0.410. The van der Waals surface area contributed by atoms with Gasteiger partial charge in [0, 0.05) is 44.2 Å². The molecule has 168 valence electrons. The van der Waals surface area contributed by atoms with Gasteiger partial charge in [-0.2, -0.15) is 0 Å². The Labute approximate surface area is 183 Å². The molecule has 5 rings (SSSR count). The molecule has 31 heavy (non-hydrogen) atoms. The first-order valence-corrected chi connectivity index (χ1v) is 11.5. The van der Waals surface area contributed by atoms with E-state index in [0.29, 0.717) is 32.1 Å². The van der Waals surface area contributed by atoms with Crippen LogP contribution in [0.2, 0.25) is 0 Å². The van der Waals surface area contributed by atoms with E-state index in [1.165, 1.54) is 0 Å². The molecule has 0 saturated carbocycles. The van der Waals surface area contributed by atoms with Gasteiger partial charge in [-0.3, -0.25) is 19.5 Å². The molecule has 4 aliphatic rings. The number of piperidine rings is 3. The summed E-state index contributed by atoms with van der Waals surface area (Å²) in [7, 11) is 0. The van der Waals surface area contributed by atoms with E-state index in [1.807, 2.05) is 24.0 Å². The van der Waals surface area contributed by atoms with Gasteiger partial charge in [0.1, 0.15) is 6.04 Å². The molecule has 8 nitrogen and oxygen atoms in total. The number of fused-ring (bicyclic) bond motifs is 4. The number of hydrogen-bond acceptors (Lipinski definition) is 6. The molecule has 1 aromatic rings. The zero-order valence-electron chi connectivity index (χ0n) is 18.2. The Kier molecular flexibility index (Phi) is 5.95. The van der Waals surface area contributed by atoms with Crippen LogP contribution in [-0.2, 0) is 25.6 Å². The SMILES string of the molecule is Cc1ccnc(CNC(=O)[C@H]2[C@@H]3C[C@@H](CN(CC4OCCO4)C3)[C@@H]3CCCC(=O)N32)c1. The van der Waals surface area contributed by atoms with Crippen molar-refractivity contribution in [1.82, 2.24) is 20.1 Å². The Balaban J connectivity index is 1.33. The van der Waals surface area contributed by atoms with Crippen molar-refractivity contribution in [3.8, 4) is 0 Å². The summed E-state index contributed by atoms with van der Waals surface area (Å²) in [5.74, 6) is 0.619. The van der Waals surface area contributed by atoms with Crippen LogP contribution in [0.4, 0.5) is 0 Å². The Morgan fingerprint density at radius 1 is 1.26 bits per heavy atom. The largest absolute Gasteiger partial charge is 0.349 e. The van der Waals surface area contributed by atoms with E-state index in [-0.39, 0.29) is 30.1 Å². The standard InChI is InChI=1S/C23H32N4O4/c1-15-5-6-24-18(9-15)11-25-23(29)22-17-10-16(19-3-2-4-20(28)27(19)22)12-26(13-17)14-21-30-7-8-31-21/h5-6,9,16-17,19,21-22H,2-4,7-8,10-14H2,1H3,(H,25,29)/t16-,17+,19-,22+/m0/s1. The molecule has 0 radical (unpaired) electrons. The quantitative estimate of drug-likeness (QED) is 0.756. The molecule has 0 aromatic carbocycles. The predicted octanol–water partition coefficient (Wildman–Crippen LogP) is 1.08. The van der Waals surface area contributed by atoms with E-state index in [0.717, 1.165) is 50.2 Å². The Bertz CT molecular complexity index is 828. The molecule has 0 aliphatic carbocycles. The van der Waals surface area contributed by atoms with Crippen LogP contribution < -0.4 is 5.32 Å². The highest BCUT2D eigenvalue weighted by Crippen LogP contribution is 2.41. The molecule has 4 fully saturated rings. The summed E-state index contributed by atoms with van der Waals surface area (Å²) in [4.78, 5) is 35.0. The Morgan fingerprint density at radius 2 is 2.06 bits per heavy atom. The Hall–Kier alpha value is -2.03. The summed E-state index contributed by atoms with van der Waals surface area (Å²) in [5.41, 5.74) is 1.95. The van der Waals surface area contributed by atoms with E-state index < -0.39 is 6.04 Å². The molecule has 0 unspecified atom stereocenters. The molecule has 5 heterocycles. The number of aryl methyl sites for hydroxylation is 1. The van der Waals surface area contributed by atoms with Crippen LogP contribution in [0.25, 0.3) is 0 Å². The monoisotopic (exact) mass is 428 g/mol. The lowest BCUT2D eigenvalue weighted by Crippen LogP contribution is -2.68. The van der Waals surface area contributed by atoms with Crippen molar-refractivity contribution in [2.45, 2.75) is 57.5 Å². The fourth-order valence-corrected chi connectivity index (χ4v) is 5.94. The summed E-state index contributed by atoms with van der Waals surface area (Å²) in [6.07, 6.45) is 5.03. The van der Waals surface area contributed by atoms with Crippen LogP contribution in [0.1, 0.15) is 36.9 Å². The molecule has 8 heteroatoms. The van der Waals surface area contributed by atoms with Crippen LogP contribution in [-0.4, -0.2) is 77.8 Å². The van der Waals surface area contributed by atoms with Gasteiger partial charge in [0.15, 0.2) is 6.29 Å². The molecular weight excluding hydrogens is 396 g/mol. The molecular formula is C23H32N4O4. The van der Waals surface area contributed by atoms with Crippen LogP contribution in [0, 0.1) is 18.8 Å². The molecule has 4 aliphatic heterocycles. The summed E-state index contributed by atoms with van der Waals surface area (Å²) >= 11 is 0. The highest BCUT2D eigenvalue weighted by Gasteiger charge is 2.52. The van der Waals surface area contributed by atoms with E-state index >= 15 is 0 Å². The number of nitrogens with zero attached hydrogens (tertiary/aromatic N) is 3. The molecule has 2 bridgehead atoms. The van der Waals surface area contributed by atoms with Gasteiger partial charge in [0.2, 0.25) is 11.8 Å². The van der Waals surface area contributed by atoms with Gasteiger partial charge >= 0.3 is 0 Å². The van der Waals surface area contributed by atoms with Crippen LogP contribution >= 0.6 is 0 Å². The lowest BCUT2D eigenvalue weighted by atomic mass is 9.71. The second-order valence-electron chi connectivity index (χ2n) is 9.39. The van der Waals surface area contributed by atoms with E-state index in [2.05, 4.69) is 15.2 Å². The number of likely N-dealkylation sites (tertiary alicyclic amines) is 1. The third kappa shape index (κ3) is 4.33. The van der Waals surface area contributed by atoms with Gasteiger partial charge < -0.3 is 19.7 Å². The average Bonchev–Trinajstić information content (AvgIpc) is 3.26. The maximum Gasteiger partial charge on any atom is 0.243 e. The zero-order valence-corrected chi connectivity index (χ0v) is 18.2. The summed E-state index contributed by atoms with van der Waals surface area (Å²) < 4.78 is 11.3. The second-order valence-corrected chi connectivity index (χ2v) is 9.39. The van der Waals surface area contributed by atoms with Gasteiger partial charge in [-0.25, -0.2) is 0 Å². The number of amides is 2. The summed E-state index contributed by atoms with van der Waals surface area (Å²) in [6, 6.07) is 3.67. The fourth-order valence-electron chi connectivity index (χ4n) is 5.94. The molecule has 2 amide bonds. The van der Waals surface area contributed by atoms with Crippen LogP contribution in [0.3, 0.4) is 0 Å². The number of carbonyl (C=O) groups is 2. The van der Waals surface area contributed by atoms with E-state index in [9.17, 15) is 9.59 Å². The van der Waals surface area contributed by atoms with Crippen LogP contribution in [0.15, 0.2) is 18.3 Å². The number of carbonyl (C=O) groups excluding carboxylic acids is 2. The van der Waals surface area contributed by atoms with Crippen molar-refractivity contribution in [3.63, 3.8) is 0 Å². The fraction of sp³-hybridized carbons (Fsp3) is 0.696. The maximum absolute atomic E-state index is 13.4. The van der Waals surface area contributed by atoms with Crippen molar-refractivity contribution in [1.29, 1.82) is 0 Å². The van der Waals surface area contributed by atoms with E-state index in [1.54, 1.807) is 6.20 Å². The van der Waals surface area contributed by atoms with Gasteiger partial charge in [0.25, 0.3) is 0 Å². The van der Waals surface area contributed by atoms with Gasteiger partial charge in [-0.05, 0) is 49.8 Å². The van der Waals surface area contributed by atoms with Crippen molar-refractivity contribution >= 4 is 11.8 Å².